The van der Waals surface area contributed by atoms with Crippen LogP contribution in [0.4, 0.5) is 4.79 Å². The number of benzene rings is 1. The first-order valence-electron chi connectivity index (χ1n) is 11.7. The van der Waals surface area contributed by atoms with E-state index in [4.69, 9.17) is 9.72 Å². The van der Waals surface area contributed by atoms with E-state index < -0.39 is 5.60 Å². The number of aromatic nitrogens is 5. The van der Waals surface area contributed by atoms with Gasteiger partial charge in [-0.1, -0.05) is 18.2 Å². The zero-order chi connectivity index (χ0) is 24.4. The molecule has 4 heterocycles. The maximum Gasteiger partial charge on any atom is 0.410 e. The number of amides is 1. The van der Waals surface area contributed by atoms with Gasteiger partial charge >= 0.3 is 6.09 Å². The van der Waals surface area contributed by atoms with Crippen molar-refractivity contribution in [2.24, 2.45) is 0 Å². The molecule has 0 fully saturated rings. The van der Waals surface area contributed by atoms with E-state index in [-0.39, 0.29) is 6.09 Å². The average molecular weight is 469 g/mol. The van der Waals surface area contributed by atoms with Gasteiger partial charge in [-0.15, -0.1) is 0 Å². The first kappa shape index (κ1) is 22.7. The Morgan fingerprint density at radius 1 is 1.11 bits per heavy atom. The minimum absolute atomic E-state index is 0.262. The highest BCUT2D eigenvalue weighted by Gasteiger charge is 2.25. The van der Waals surface area contributed by atoms with Gasteiger partial charge in [-0.05, 0) is 62.1 Å². The lowest BCUT2D eigenvalue weighted by molar-refractivity contribution is 0.0224. The van der Waals surface area contributed by atoms with Gasteiger partial charge in [0.2, 0.25) is 0 Å². The van der Waals surface area contributed by atoms with Crippen molar-refractivity contribution in [3.8, 4) is 22.5 Å². The monoisotopic (exact) mass is 468 g/mol. The summed E-state index contributed by atoms with van der Waals surface area (Å²) in [5.41, 5.74) is 6.62. The Balaban J connectivity index is 1.32. The van der Waals surface area contributed by atoms with E-state index in [1.807, 2.05) is 39.0 Å². The summed E-state index contributed by atoms with van der Waals surface area (Å²) in [6.45, 7) is 6.87. The van der Waals surface area contributed by atoms with E-state index in [1.165, 1.54) is 5.56 Å². The van der Waals surface area contributed by atoms with Gasteiger partial charge in [0.05, 0.1) is 17.6 Å². The molecule has 4 aromatic rings. The number of H-pyrrole nitrogens is 1. The summed E-state index contributed by atoms with van der Waals surface area (Å²) >= 11 is 0. The van der Waals surface area contributed by atoms with Crippen molar-refractivity contribution in [3.63, 3.8) is 0 Å². The number of carbonyl (C=O) groups is 1. The lowest BCUT2D eigenvalue weighted by Crippen LogP contribution is -2.39. The highest BCUT2D eigenvalue weighted by molar-refractivity contribution is 5.77. The highest BCUT2D eigenvalue weighted by Crippen LogP contribution is 2.28. The normalized spacial score (nSPS) is 13.4. The maximum absolute atomic E-state index is 12.5. The number of aromatic amines is 1. The van der Waals surface area contributed by atoms with Crippen LogP contribution in [0.2, 0.25) is 0 Å². The molecule has 8 nitrogen and oxygen atoms in total. The number of fused-ring (bicyclic) bond motifs is 1. The molecule has 8 heteroatoms. The molecule has 35 heavy (non-hydrogen) atoms. The van der Waals surface area contributed by atoms with E-state index in [0.29, 0.717) is 19.5 Å². The summed E-state index contributed by atoms with van der Waals surface area (Å²) in [6.07, 6.45) is 8.27. The molecule has 1 aliphatic rings. The lowest BCUT2D eigenvalue weighted by Gasteiger charge is -2.31. The van der Waals surface area contributed by atoms with Crippen molar-refractivity contribution in [2.75, 3.05) is 6.54 Å². The van der Waals surface area contributed by atoms with E-state index in [2.05, 4.69) is 38.4 Å². The molecule has 0 atom stereocenters. The van der Waals surface area contributed by atoms with E-state index >= 15 is 0 Å². The molecule has 1 N–H and O–H groups in total. The SMILES string of the molecule is CC(C)(C)OC(=O)N1CCc2cc(Cc3nccc(-c4cn[nH]c4-c4cccnc4)n3)ccc2C1. The number of nitrogens with one attached hydrogen (secondary N) is 1. The predicted octanol–water partition coefficient (Wildman–Crippen LogP) is 4.81. The van der Waals surface area contributed by atoms with Gasteiger partial charge in [0.25, 0.3) is 0 Å². The Kier molecular flexibility index (Phi) is 6.03. The molecule has 0 saturated carbocycles. The summed E-state index contributed by atoms with van der Waals surface area (Å²) in [7, 11) is 0. The Morgan fingerprint density at radius 3 is 2.80 bits per heavy atom. The van der Waals surface area contributed by atoms with Crippen molar-refractivity contribution in [1.82, 2.24) is 30.0 Å². The van der Waals surface area contributed by atoms with Crippen molar-refractivity contribution in [2.45, 2.75) is 45.8 Å². The minimum atomic E-state index is -0.495. The Hall–Kier alpha value is -4.07. The number of nitrogens with zero attached hydrogens (tertiary/aromatic N) is 5. The molecule has 0 bridgehead atoms. The molecule has 0 radical (unpaired) electrons. The van der Waals surface area contributed by atoms with Crippen LogP contribution in [-0.4, -0.2) is 48.3 Å². The zero-order valence-electron chi connectivity index (χ0n) is 20.2. The molecule has 1 aliphatic heterocycles. The molecule has 178 valence electrons. The second kappa shape index (κ2) is 9.29. The van der Waals surface area contributed by atoms with Crippen LogP contribution in [0.5, 0.6) is 0 Å². The van der Waals surface area contributed by atoms with Crippen LogP contribution < -0.4 is 0 Å². The average Bonchev–Trinajstić information content (AvgIpc) is 3.33. The zero-order valence-corrected chi connectivity index (χ0v) is 20.2. The molecule has 5 rings (SSSR count). The molecular formula is C27H28N6O2. The smallest absolute Gasteiger partial charge is 0.410 e. The van der Waals surface area contributed by atoms with E-state index in [9.17, 15) is 4.79 Å². The van der Waals surface area contributed by atoms with Crippen LogP contribution >= 0.6 is 0 Å². The molecule has 1 aromatic carbocycles. The highest BCUT2D eigenvalue weighted by atomic mass is 16.6. The molecule has 0 saturated heterocycles. The molecule has 0 spiro atoms. The number of hydrogen-bond donors (Lipinski definition) is 1. The number of ether oxygens (including phenoxy) is 1. The van der Waals surface area contributed by atoms with Gasteiger partial charge in [0.1, 0.15) is 11.4 Å². The molecule has 1 amide bonds. The number of hydrogen-bond acceptors (Lipinski definition) is 6. The summed E-state index contributed by atoms with van der Waals surface area (Å²) in [4.78, 5) is 27.7. The second-order valence-electron chi connectivity index (χ2n) is 9.69. The molecule has 0 aliphatic carbocycles. The van der Waals surface area contributed by atoms with Gasteiger partial charge < -0.3 is 9.64 Å². The summed E-state index contributed by atoms with van der Waals surface area (Å²) < 4.78 is 5.53. The Morgan fingerprint density at radius 2 is 2.00 bits per heavy atom. The third-order valence-electron chi connectivity index (χ3n) is 5.87. The standard InChI is InChI=1S/C27H28N6O2/c1-27(2,3)35-26(34)33-12-9-19-13-18(6-7-21(19)17-33)14-24-29-11-8-23(31-24)22-16-30-32-25(22)20-5-4-10-28-15-20/h4-8,10-11,13,15-16H,9,12,14,17H2,1-3H3,(H,30,32). The van der Waals surface area contributed by atoms with Gasteiger partial charge in [0.15, 0.2) is 0 Å². The molecular weight excluding hydrogens is 440 g/mol. The van der Waals surface area contributed by atoms with Crippen LogP contribution in [0, 0.1) is 0 Å². The first-order chi connectivity index (χ1) is 16.9. The van der Waals surface area contributed by atoms with Crippen LogP contribution in [0.1, 0.15) is 43.3 Å². The number of pyridine rings is 1. The third kappa shape index (κ3) is 5.21. The first-order valence-corrected chi connectivity index (χ1v) is 11.7. The topological polar surface area (TPSA) is 96.9 Å². The van der Waals surface area contributed by atoms with Crippen molar-refractivity contribution < 1.29 is 9.53 Å². The fourth-order valence-electron chi connectivity index (χ4n) is 4.23. The number of rotatable bonds is 4. The van der Waals surface area contributed by atoms with Crippen LogP contribution in [0.15, 0.2) is 61.2 Å². The predicted molar refractivity (Wildman–Crippen MR) is 132 cm³/mol. The fourth-order valence-corrected chi connectivity index (χ4v) is 4.23. The van der Waals surface area contributed by atoms with Crippen LogP contribution in [0.25, 0.3) is 22.5 Å². The lowest BCUT2D eigenvalue weighted by atomic mass is 9.96. The largest absolute Gasteiger partial charge is 0.444 e. The molecule has 0 unspecified atom stereocenters. The fraction of sp³-hybridized carbons (Fsp3) is 0.296. The van der Waals surface area contributed by atoms with Crippen molar-refractivity contribution in [3.05, 3.63) is 83.7 Å². The number of carbonyl (C=O) groups excluding carboxylic acids is 1. The maximum atomic E-state index is 12.5. The van der Waals surface area contributed by atoms with Crippen LogP contribution in [0.3, 0.4) is 0 Å². The Labute approximate surface area is 204 Å². The van der Waals surface area contributed by atoms with E-state index in [1.54, 1.807) is 29.7 Å². The molecule has 3 aromatic heterocycles. The third-order valence-corrected chi connectivity index (χ3v) is 5.87. The van der Waals surface area contributed by atoms with Gasteiger partial charge in [0, 0.05) is 49.2 Å². The van der Waals surface area contributed by atoms with Gasteiger partial charge in [-0.3, -0.25) is 10.1 Å². The van der Waals surface area contributed by atoms with Crippen molar-refractivity contribution >= 4 is 6.09 Å². The van der Waals surface area contributed by atoms with Gasteiger partial charge in [-0.2, -0.15) is 5.10 Å². The summed E-state index contributed by atoms with van der Waals surface area (Å²) in [5, 5.41) is 7.28. The second-order valence-corrected chi connectivity index (χ2v) is 9.69. The van der Waals surface area contributed by atoms with Crippen molar-refractivity contribution in [1.29, 1.82) is 0 Å². The summed E-state index contributed by atoms with van der Waals surface area (Å²) in [5.74, 6) is 0.743. The van der Waals surface area contributed by atoms with Crippen LogP contribution in [-0.2, 0) is 24.1 Å². The van der Waals surface area contributed by atoms with Gasteiger partial charge in [-0.25, -0.2) is 14.8 Å². The minimum Gasteiger partial charge on any atom is -0.444 e. The summed E-state index contributed by atoms with van der Waals surface area (Å²) in [6, 6.07) is 12.2. The quantitative estimate of drug-likeness (QED) is 0.462. The Bertz CT molecular complexity index is 1340. The van der Waals surface area contributed by atoms with E-state index in [0.717, 1.165) is 45.9 Å².